The summed E-state index contributed by atoms with van der Waals surface area (Å²) in [6.07, 6.45) is -0.622. The lowest BCUT2D eigenvalue weighted by molar-refractivity contribution is -0.117. The second-order valence-corrected chi connectivity index (χ2v) is 7.29. The van der Waals surface area contributed by atoms with Gasteiger partial charge in [0.05, 0.1) is 29.2 Å². The van der Waals surface area contributed by atoms with Gasteiger partial charge in [-0.25, -0.2) is 4.79 Å². The number of carbonyl (C=O) groups is 2. The summed E-state index contributed by atoms with van der Waals surface area (Å²) in [6, 6.07) is 5.65. The van der Waals surface area contributed by atoms with Crippen molar-refractivity contribution in [1.29, 1.82) is 0 Å². The maximum absolute atomic E-state index is 12.7. The normalized spacial score (nSPS) is 16.5. The molecule has 0 fully saturated rings. The summed E-state index contributed by atoms with van der Waals surface area (Å²) in [5.41, 5.74) is 5.17. The highest BCUT2D eigenvalue weighted by molar-refractivity contribution is 6.03. The Morgan fingerprint density at radius 1 is 1.26 bits per heavy atom. The molecule has 0 saturated carbocycles. The number of anilines is 2. The Morgan fingerprint density at radius 2 is 1.96 bits per heavy atom. The predicted octanol–water partition coefficient (Wildman–Crippen LogP) is 3.80. The fourth-order valence-corrected chi connectivity index (χ4v) is 3.67. The molecule has 7 nitrogen and oxygen atoms in total. The molecule has 2 aromatic rings. The van der Waals surface area contributed by atoms with Crippen molar-refractivity contribution in [3.05, 3.63) is 29.6 Å². The van der Waals surface area contributed by atoms with Crippen LogP contribution in [0.15, 0.2) is 18.2 Å². The first-order chi connectivity index (χ1) is 12.7. The van der Waals surface area contributed by atoms with Gasteiger partial charge in [-0.2, -0.15) is 5.10 Å². The van der Waals surface area contributed by atoms with Crippen LogP contribution in [0.4, 0.5) is 16.2 Å². The number of aryl methyl sites for hydroxylation is 2. The van der Waals surface area contributed by atoms with Crippen LogP contribution < -0.4 is 9.80 Å². The second-order valence-electron chi connectivity index (χ2n) is 7.29. The van der Waals surface area contributed by atoms with Crippen LogP contribution in [0.3, 0.4) is 0 Å². The first-order valence-corrected chi connectivity index (χ1v) is 9.14. The van der Waals surface area contributed by atoms with E-state index in [1.54, 1.807) is 16.7 Å². The van der Waals surface area contributed by atoms with E-state index in [0.29, 0.717) is 17.9 Å². The quantitative estimate of drug-likeness (QED) is 0.872. The number of H-pyrrole nitrogens is 1. The molecule has 2 amide bonds. The number of fused-ring (bicyclic) bond motifs is 1. The molecule has 3 rings (SSSR count). The molecule has 1 aromatic carbocycles. The van der Waals surface area contributed by atoms with Crippen LogP contribution in [0.2, 0.25) is 0 Å². The van der Waals surface area contributed by atoms with Gasteiger partial charge in [-0.15, -0.1) is 0 Å². The van der Waals surface area contributed by atoms with Crippen LogP contribution in [0, 0.1) is 13.8 Å². The Balaban J connectivity index is 2.14. The number of aromatic nitrogens is 2. The fraction of sp³-hybridized carbons (Fsp3) is 0.450. The number of aromatic amines is 1. The van der Waals surface area contributed by atoms with E-state index in [9.17, 15) is 9.59 Å². The summed E-state index contributed by atoms with van der Waals surface area (Å²) in [5, 5.41) is 7.25. The maximum Gasteiger partial charge on any atom is 0.414 e. The van der Waals surface area contributed by atoms with Crippen molar-refractivity contribution in [1.82, 2.24) is 10.2 Å². The topological polar surface area (TPSA) is 78.5 Å². The summed E-state index contributed by atoms with van der Waals surface area (Å²) >= 11 is 0. The van der Waals surface area contributed by atoms with Crippen molar-refractivity contribution in [2.75, 3.05) is 16.3 Å². The third kappa shape index (κ3) is 3.41. The molecular weight excluding hydrogens is 344 g/mol. The molecule has 0 aliphatic carbocycles. The van der Waals surface area contributed by atoms with E-state index in [-0.39, 0.29) is 18.1 Å². The minimum Gasteiger partial charge on any atom is -0.446 e. The lowest BCUT2D eigenvalue weighted by Gasteiger charge is -2.40. The summed E-state index contributed by atoms with van der Waals surface area (Å²) in [6.45, 7) is 11.4. The Labute approximate surface area is 159 Å². The monoisotopic (exact) mass is 370 g/mol. The van der Waals surface area contributed by atoms with Crippen LogP contribution >= 0.6 is 0 Å². The lowest BCUT2D eigenvalue weighted by atomic mass is 9.99. The van der Waals surface area contributed by atoms with Crippen LogP contribution in [-0.2, 0) is 9.53 Å². The number of nitrogens with one attached hydrogen (secondary N) is 1. The molecule has 2 heterocycles. The Hall–Kier alpha value is -2.83. The first-order valence-electron chi connectivity index (χ1n) is 9.14. The highest BCUT2D eigenvalue weighted by Gasteiger charge is 2.35. The zero-order valence-electron chi connectivity index (χ0n) is 16.7. The van der Waals surface area contributed by atoms with E-state index in [2.05, 4.69) is 10.2 Å². The van der Waals surface area contributed by atoms with Gasteiger partial charge in [0, 0.05) is 24.7 Å². The zero-order valence-corrected chi connectivity index (χ0v) is 16.7. The summed E-state index contributed by atoms with van der Waals surface area (Å²) < 4.78 is 5.43. The maximum atomic E-state index is 12.7. The predicted molar refractivity (Wildman–Crippen MR) is 105 cm³/mol. The molecule has 1 N–H and O–H groups in total. The van der Waals surface area contributed by atoms with Crippen molar-refractivity contribution in [3.8, 4) is 11.1 Å². The Kier molecular flexibility index (Phi) is 4.95. The summed E-state index contributed by atoms with van der Waals surface area (Å²) in [7, 11) is 0. The highest BCUT2D eigenvalue weighted by atomic mass is 16.6. The van der Waals surface area contributed by atoms with Gasteiger partial charge in [-0.3, -0.25) is 14.8 Å². The minimum atomic E-state index is -0.404. The van der Waals surface area contributed by atoms with Crippen LogP contribution in [0.5, 0.6) is 0 Å². The van der Waals surface area contributed by atoms with E-state index < -0.39 is 6.09 Å². The van der Waals surface area contributed by atoms with Crippen molar-refractivity contribution >= 4 is 23.4 Å². The number of ether oxygens (including phenoxy) is 1. The minimum absolute atomic E-state index is 0.0518. The lowest BCUT2D eigenvalue weighted by Crippen LogP contribution is -2.51. The van der Waals surface area contributed by atoms with E-state index >= 15 is 0 Å². The van der Waals surface area contributed by atoms with Crippen LogP contribution in [0.25, 0.3) is 11.1 Å². The number of hydrogen-bond donors (Lipinski definition) is 1. The van der Waals surface area contributed by atoms with Crippen molar-refractivity contribution in [2.45, 2.75) is 53.7 Å². The van der Waals surface area contributed by atoms with Gasteiger partial charge in [0.1, 0.15) is 0 Å². The number of rotatable bonds is 2. The summed E-state index contributed by atoms with van der Waals surface area (Å²) in [4.78, 5) is 28.3. The van der Waals surface area contributed by atoms with Gasteiger partial charge >= 0.3 is 6.09 Å². The zero-order chi connectivity index (χ0) is 19.9. The Bertz CT molecular complexity index is 868. The SMILES string of the molecule is CC(=O)N1c2ccc(-c3c(C)n[nH]c3C)cc2N(C(=O)OC(C)C)C[C@@H]1C. The molecule has 1 aromatic heterocycles. The molecule has 1 atom stereocenters. The molecule has 1 aliphatic heterocycles. The van der Waals surface area contributed by atoms with E-state index in [1.165, 1.54) is 0 Å². The van der Waals surface area contributed by atoms with E-state index in [0.717, 1.165) is 22.5 Å². The van der Waals surface area contributed by atoms with Gasteiger partial charge < -0.3 is 9.64 Å². The van der Waals surface area contributed by atoms with Gasteiger partial charge in [-0.05, 0) is 52.3 Å². The second kappa shape index (κ2) is 7.06. The average Bonchev–Trinajstić information content (AvgIpc) is 2.91. The molecule has 0 unspecified atom stereocenters. The van der Waals surface area contributed by atoms with Gasteiger partial charge in [-0.1, -0.05) is 6.07 Å². The van der Waals surface area contributed by atoms with Crippen LogP contribution in [0.1, 0.15) is 39.1 Å². The van der Waals surface area contributed by atoms with Crippen LogP contribution in [-0.4, -0.2) is 40.9 Å². The molecule has 1 aliphatic rings. The average molecular weight is 370 g/mol. The van der Waals surface area contributed by atoms with Gasteiger partial charge in [0.15, 0.2) is 0 Å². The largest absolute Gasteiger partial charge is 0.446 e. The third-order valence-corrected chi connectivity index (χ3v) is 4.73. The first kappa shape index (κ1) is 18.9. The molecular formula is C20H26N4O3. The number of hydrogen-bond acceptors (Lipinski definition) is 4. The molecule has 0 radical (unpaired) electrons. The smallest absolute Gasteiger partial charge is 0.414 e. The van der Waals surface area contributed by atoms with Gasteiger partial charge in [0.2, 0.25) is 5.91 Å². The van der Waals surface area contributed by atoms with Crippen molar-refractivity contribution < 1.29 is 14.3 Å². The number of nitrogens with zero attached hydrogens (tertiary/aromatic N) is 3. The molecule has 7 heteroatoms. The standard InChI is InChI=1S/C20H26N4O3/c1-11(2)27-20(26)23-10-12(3)24(15(6)25)17-8-7-16(9-18(17)23)19-13(4)21-22-14(19)5/h7-9,11-12H,10H2,1-6H3,(H,21,22)/t12-/m0/s1. The van der Waals surface area contributed by atoms with Crippen molar-refractivity contribution in [2.24, 2.45) is 0 Å². The number of carbonyl (C=O) groups excluding carboxylic acids is 2. The van der Waals surface area contributed by atoms with E-state index in [1.807, 2.05) is 52.8 Å². The number of amides is 2. The summed E-state index contributed by atoms with van der Waals surface area (Å²) in [5.74, 6) is -0.0518. The number of benzene rings is 1. The molecule has 27 heavy (non-hydrogen) atoms. The van der Waals surface area contributed by atoms with Crippen molar-refractivity contribution in [3.63, 3.8) is 0 Å². The van der Waals surface area contributed by atoms with E-state index in [4.69, 9.17) is 4.74 Å². The van der Waals surface area contributed by atoms with Gasteiger partial charge in [0.25, 0.3) is 0 Å². The fourth-order valence-electron chi connectivity index (χ4n) is 3.67. The molecule has 0 saturated heterocycles. The highest BCUT2D eigenvalue weighted by Crippen LogP contribution is 2.40. The third-order valence-electron chi connectivity index (χ3n) is 4.73. The Morgan fingerprint density at radius 3 is 2.52 bits per heavy atom. The molecule has 0 bridgehead atoms. The molecule has 144 valence electrons. The molecule has 0 spiro atoms.